The highest BCUT2D eigenvalue weighted by molar-refractivity contribution is 6.03. The largest absolute Gasteiger partial charge is 0.396 e. The van der Waals surface area contributed by atoms with E-state index in [-0.39, 0.29) is 24.5 Å². The first kappa shape index (κ1) is 19.0. The van der Waals surface area contributed by atoms with E-state index in [1.165, 1.54) is 0 Å². The summed E-state index contributed by atoms with van der Waals surface area (Å²) in [6.07, 6.45) is 7.44. The quantitative estimate of drug-likeness (QED) is 0.692. The van der Waals surface area contributed by atoms with Gasteiger partial charge in [-0.15, -0.1) is 0 Å². The molecule has 5 rings (SSSR count). The first-order valence-corrected chi connectivity index (χ1v) is 10.1. The summed E-state index contributed by atoms with van der Waals surface area (Å²) in [4.78, 5) is 37.2. The lowest BCUT2D eigenvalue weighted by Crippen LogP contribution is -2.44. The number of hydrogen-bond acceptors (Lipinski definition) is 5. The SMILES string of the molecule is CN(Cc1ncc[nH]1)C(=O)[C@@H]1[C@@H]2C=C[C@@]3(CN(c4ccc(CCO)cc4)C(=O)[C@H]13)O2. The molecule has 2 fully saturated rings. The number of benzene rings is 1. The van der Waals surface area contributed by atoms with Crippen molar-refractivity contribution < 1.29 is 19.4 Å². The van der Waals surface area contributed by atoms with Gasteiger partial charge in [0, 0.05) is 31.7 Å². The molecular formula is C22H24N4O4. The van der Waals surface area contributed by atoms with Crippen LogP contribution in [0.25, 0.3) is 0 Å². The van der Waals surface area contributed by atoms with Crippen LogP contribution in [0.3, 0.4) is 0 Å². The summed E-state index contributed by atoms with van der Waals surface area (Å²) in [5.74, 6) is -0.567. The standard InChI is InChI=1S/C22H24N4O4/c1-25(12-17-23-9-10-24-17)20(28)18-16-6-8-22(30-16)13-26(21(29)19(18)22)15-4-2-14(3-5-15)7-11-27/h2-6,8-10,16,18-19,27H,7,11-13H2,1H3,(H,23,24)/t16-,18+,19-,22-/m0/s1. The molecule has 2 amide bonds. The van der Waals surface area contributed by atoms with Crippen molar-refractivity contribution in [1.29, 1.82) is 0 Å². The van der Waals surface area contributed by atoms with Crippen molar-refractivity contribution in [2.75, 3.05) is 25.1 Å². The molecule has 0 saturated carbocycles. The van der Waals surface area contributed by atoms with Gasteiger partial charge in [-0.05, 0) is 24.1 Å². The van der Waals surface area contributed by atoms with Crippen LogP contribution in [-0.4, -0.2) is 63.7 Å². The Kier molecular flexibility index (Phi) is 4.48. The van der Waals surface area contributed by atoms with Crippen molar-refractivity contribution in [3.8, 4) is 0 Å². The minimum atomic E-state index is -0.753. The number of carbonyl (C=O) groups excluding carboxylic acids is 2. The van der Waals surface area contributed by atoms with E-state index in [0.717, 1.165) is 11.3 Å². The Morgan fingerprint density at radius 1 is 1.40 bits per heavy atom. The number of aromatic amines is 1. The Morgan fingerprint density at radius 2 is 2.20 bits per heavy atom. The Labute approximate surface area is 174 Å². The van der Waals surface area contributed by atoms with E-state index >= 15 is 0 Å². The number of imidazole rings is 1. The number of H-pyrrole nitrogens is 1. The Bertz CT molecular complexity index is 987. The van der Waals surface area contributed by atoms with E-state index in [2.05, 4.69) is 9.97 Å². The molecule has 1 aromatic heterocycles. The third-order valence-corrected chi connectivity index (χ3v) is 6.35. The van der Waals surface area contributed by atoms with Gasteiger partial charge in [0.25, 0.3) is 0 Å². The topological polar surface area (TPSA) is 98.8 Å². The Morgan fingerprint density at radius 3 is 2.90 bits per heavy atom. The van der Waals surface area contributed by atoms with Gasteiger partial charge in [-0.25, -0.2) is 4.98 Å². The van der Waals surface area contributed by atoms with E-state index in [1.807, 2.05) is 36.4 Å². The number of aliphatic hydroxyl groups excluding tert-OH is 1. The molecule has 3 aliphatic rings. The zero-order valence-electron chi connectivity index (χ0n) is 16.7. The third kappa shape index (κ3) is 2.86. The van der Waals surface area contributed by atoms with Gasteiger partial charge in [-0.3, -0.25) is 9.59 Å². The summed E-state index contributed by atoms with van der Waals surface area (Å²) in [6, 6.07) is 7.60. The van der Waals surface area contributed by atoms with Crippen molar-refractivity contribution in [2.45, 2.75) is 24.7 Å². The molecule has 2 saturated heterocycles. The minimum absolute atomic E-state index is 0.0819. The number of nitrogens with one attached hydrogen (secondary N) is 1. The molecule has 156 valence electrons. The van der Waals surface area contributed by atoms with Crippen LogP contribution in [0, 0.1) is 11.8 Å². The van der Waals surface area contributed by atoms with Crippen LogP contribution in [0.4, 0.5) is 5.69 Å². The fourth-order valence-electron chi connectivity index (χ4n) is 4.91. The van der Waals surface area contributed by atoms with Crippen molar-refractivity contribution in [3.63, 3.8) is 0 Å². The molecule has 8 heteroatoms. The maximum absolute atomic E-state index is 13.4. The molecule has 1 spiro atoms. The summed E-state index contributed by atoms with van der Waals surface area (Å²) in [5.41, 5.74) is 1.04. The van der Waals surface area contributed by atoms with Crippen LogP contribution in [0.15, 0.2) is 48.8 Å². The van der Waals surface area contributed by atoms with Crippen LogP contribution in [0.1, 0.15) is 11.4 Å². The average molecular weight is 408 g/mol. The molecule has 4 heterocycles. The molecule has 4 atom stereocenters. The predicted molar refractivity (Wildman–Crippen MR) is 108 cm³/mol. The van der Waals surface area contributed by atoms with Crippen LogP contribution >= 0.6 is 0 Å². The molecule has 2 bridgehead atoms. The second kappa shape index (κ2) is 7.07. The smallest absolute Gasteiger partial charge is 0.234 e. The van der Waals surface area contributed by atoms with E-state index < -0.39 is 17.4 Å². The van der Waals surface area contributed by atoms with Crippen LogP contribution in [0.2, 0.25) is 0 Å². The number of ether oxygens (including phenoxy) is 1. The van der Waals surface area contributed by atoms with E-state index in [9.17, 15) is 9.59 Å². The summed E-state index contributed by atoms with van der Waals surface area (Å²) >= 11 is 0. The second-order valence-electron chi connectivity index (χ2n) is 8.19. The van der Waals surface area contributed by atoms with Crippen LogP contribution in [0.5, 0.6) is 0 Å². The van der Waals surface area contributed by atoms with Gasteiger partial charge in [-0.1, -0.05) is 24.3 Å². The van der Waals surface area contributed by atoms with Crippen LogP contribution in [-0.2, 0) is 27.3 Å². The van der Waals surface area contributed by atoms with E-state index in [4.69, 9.17) is 9.84 Å². The molecule has 2 N–H and O–H groups in total. The zero-order chi connectivity index (χ0) is 20.9. The first-order chi connectivity index (χ1) is 14.5. The second-order valence-corrected chi connectivity index (χ2v) is 8.19. The Hall–Kier alpha value is -2.97. The molecule has 8 nitrogen and oxygen atoms in total. The molecule has 1 aromatic carbocycles. The lowest BCUT2D eigenvalue weighted by molar-refractivity contribution is -0.139. The van der Waals surface area contributed by atoms with Gasteiger partial charge >= 0.3 is 0 Å². The number of aliphatic hydroxyl groups is 1. The number of rotatable bonds is 6. The fraction of sp³-hybridized carbons (Fsp3) is 0.409. The van der Waals surface area contributed by atoms with Crippen molar-refractivity contribution >= 4 is 17.5 Å². The number of hydrogen-bond donors (Lipinski definition) is 2. The maximum Gasteiger partial charge on any atom is 0.234 e. The van der Waals surface area contributed by atoms with Gasteiger partial charge in [0.2, 0.25) is 11.8 Å². The maximum atomic E-state index is 13.4. The summed E-state index contributed by atoms with van der Waals surface area (Å²) in [7, 11) is 1.73. The van der Waals surface area contributed by atoms with E-state index in [0.29, 0.717) is 25.3 Å². The minimum Gasteiger partial charge on any atom is -0.396 e. The van der Waals surface area contributed by atoms with Crippen molar-refractivity contribution in [2.24, 2.45) is 11.8 Å². The number of amides is 2. The number of anilines is 1. The van der Waals surface area contributed by atoms with Gasteiger partial charge in [0.05, 0.1) is 31.0 Å². The van der Waals surface area contributed by atoms with E-state index in [1.54, 1.807) is 29.2 Å². The summed E-state index contributed by atoms with van der Waals surface area (Å²) in [5, 5.41) is 9.10. The normalized spacial score (nSPS) is 28.9. The molecular weight excluding hydrogens is 384 g/mol. The van der Waals surface area contributed by atoms with Crippen molar-refractivity contribution in [3.05, 3.63) is 60.2 Å². The number of aromatic nitrogens is 2. The van der Waals surface area contributed by atoms with Gasteiger partial charge in [-0.2, -0.15) is 0 Å². The Balaban J connectivity index is 1.39. The highest BCUT2D eigenvalue weighted by Gasteiger charge is 2.67. The first-order valence-electron chi connectivity index (χ1n) is 10.1. The fourth-order valence-corrected chi connectivity index (χ4v) is 4.91. The molecule has 0 unspecified atom stereocenters. The number of fused-ring (bicyclic) bond motifs is 1. The molecule has 30 heavy (non-hydrogen) atoms. The van der Waals surface area contributed by atoms with Gasteiger partial charge in [0.1, 0.15) is 11.4 Å². The lowest BCUT2D eigenvalue weighted by Gasteiger charge is -2.27. The number of carbonyl (C=O) groups is 2. The van der Waals surface area contributed by atoms with Gasteiger partial charge < -0.3 is 24.6 Å². The molecule has 2 aromatic rings. The monoisotopic (exact) mass is 408 g/mol. The summed E-state index contributed by atoms with van der Waals surface area (Å²) in [6.45, 7) is 0.833. The van der Waals surface area contributed by atoms with Gasteiger partial charge in [0.15, 0.2) is 0 Å². The molecule has 3 aliphatic heterocycles. The third-order valence-electron chi connectivity index (χ3n) is 6.35. The van der Waals surface area contributed by atoms with Crippen LogP contribution < -0.4 is 4.90 Å². The number of nitrogens with zero attached hydrogens (tertiary/aromatic N) is 3. The highest BCUT2D eigenvalue weighted by Crippen LogP contribution is 2.53. The highest BCUT2D eigenvalue weighted by atomic mass is 16.5. The predicted octanol–water partition coefficient (Wildman–Crippen LogP) is 0.889. The zero-order valence-corrected chi connectivity index (χ0v) is 16.7. The average Bonchev–Trinajstić information content (AvgIpc) is 3.51. The molecule has 0 aliphatic carbocycles. The summed E-state index contributed by atoms with van der Waals surface area (Å²) < 4.78 is 6.21. The lowest BCUT2D eigenvalue weighted by atomic mass is 9.76. The van der Waals surface area contributed by atoms with Crippen molar-refractivity contribution in [1.82, 2.24) is 14.9 Å². The molecule has 0 radical (unpaired) electrons.